The van der Waals surface area contributed by atoms with Gasteiger partial charge >= 0.3 is 0 Å². The molecule has 0 heterocycles. The Morgan fingerprint density at radius 1 is 1.50 bits per heavy atom. The zero-order chi connectivity index (χ0) is 9.56. The van der Waals surface area contributed by atoms with E-state index in [1.807, 2.05) is 6.92 Å². The summed E-state index contributed by atoms with van der Waals surface area (Å²) in [6.07, 6.45) is 0.287. The molecular formula is C8H15NO2S. The third kappa shape index (κ3) is 4.38. The number of nitrogens with one attached hydrogen (secondary N) is 1. The van der Waals surface area contributed by atoms with Crippen LogP contribution in [-0.4, -0.2) is 24.0 Å². The minimum absolute atomic E-state index is 0.0281. The fourth-order valence-electron chi connectivity index (χ4n) is 0.906. The quantitative estimate of drug-likeness (QED) is 0.624. The first-order chi connectivity index (χ1) is 5.61. The van der Waals surface area contributed by atoms with Crippen LogP contribution in [0.1, 0.15) is 20.3 Å². The monoisotopic (exact) mass is 189 g/mol. The Hall–Kier alpha value is -0.510. The number of carbonyl (C=O) groups is 2. The maximum absolute atomic E-state index is 11.2. The number of carbonyl (C=O) groups excluding carboxylic acids is 2. The van der Waals surface area contributed by atoms with Gasteiger partial charge in [0.15, 0.2) is 0 Å². The molecule has 0 rings (SSSR count). The highest BCUT2D eigenvalue weighted by molar-refractivity contribution is 7.80. The van der Waals surface area contributed by atoms with E-state index < -0.39 is 0 Å². The lowest BCUT2D eigenvalue weighted by Gasteiger charge is -2.11. The third-order valence-corrected chi connectivity index (χ3v) is 1.92. The largest absolute Gasteiger partial charge is 0.356 e. The van der Waals surface area contributed by atoms with Crippen LogP contribution in [0.2, 0.25) is 0 Å². The van der Waals surface area contributed by atoms with E-state index in [1.165, 1.54) is 6.92 Å². The molecule has 0 aliphatic carbocycles. The molecule has 0 saturated carbocycles. The average molecular weight is 189 g/mol. The van der Waals surface area contributed by atoms with Gasteiger partial charge in [-0.3, -0.25) is 4.79 Å². The van der Waals surface area contributed by atoms with E-state index in [1.54, 1.807) is 0 Å². The molecule has 1 amide bonds. The third-order valence-electron chi connectivity index (χ3n) is 1.48. The summed E-state index contributed by atoms with van der Waals surface area (Å²) in [6, 6.07) is 0. The van der Waals surface area contributed by atoms with Crippen molar-refractivity contribution in [1.82, 2.24) is 5.32 Å². The zero-order valence-corrected chi connectivity index (χ0v) is 8.36. The number of hydrogen-bond acceptors (Lipinski definition) is 3. The molecule has 0 bridgehead atoms. The van der Waals surface area contributed by atoms with E-state index >= 15 is 0 Å². The fourth-order valence-corrected chi connectivity index (χ4v) is 1.20. The molecule has 12 heavy (non-hydrogen) atoms. The van der Waals surface area contributed by atoms with Gasteiger partial charge in [-0.2, -0.15) is 12.6 Å². The van der Waals surface area contributed by atoms with Crippen molar-refractivity contribution in [3.05, 3.63) is 0 Å². The summed E-state index contributed by atoms with van der Waals surface area (Å²) >= 11 is 4.01. The summed E-state index contributed by atoms with van der Waals surface area (Å²) in [5, 5.41) is 2.66. The first-order valence-corrected chi connectivity index (χ1v) is 4.63. The summed E-state index contributed by atoms with van der Waals surface area (Å²) in [5.74, 6) is 0.0968. The second-order valence-electron chi connectivity index (χ2n) is 2.68. The van der Waals surface area contributed by atoms with E-state index in [-0.39, 0.29) is 24.0 Å². The Balaban J connectivity index is 3.96. The van der Waals surface area contributed by atoms with Crippen LogP contribution < -0.4 is 5.32 Å². The van der Waals surface area contributed by atoms with Gasteiger partial charge in [-0.05, 0) is 13.8 Å². The van der Waals surface area contributed by atoms with Gasteiger partial charge in [0.2, 0.25) is 5.91 Å². The molecule has 1 unspecified atom stereocenters. The summed E-state index contributed by atoms with van der Waals surface area (Å²) < 4.78 is 0. The van der Waals surface area contributed by atoms with Crippen molar-refractivity contribution in [2.75, 3.05) is 12.3 Å². The number of Topliss-reactive ketones (excluding diaryl/α,β-unsaturated/α-hetero) is 1. The molecule has 3 nitrogen and oxygen atoms in total. The van der Waals surface area contributed by atoms with E-state index in [0.717, 1.165) is 0 Å². The van der Waals surface area contributed by atoms with Gasteiger partial charge < -0.3 is 10.1 Å². The molecule has 1 N–H and O–H groups in total. The molecule has 0 aromatic heterocycles. The van der Waals surface area contributed by atoms with Gasteiger partial charge in [-0.15, -0.1) is 0 Å². The van der Waals surface area contributed by atoms with Crippen molar-refractivity contribution in [1.29, 1.82) is 0 Å². The van der Waals surface area contributed by atoms with Crippen LogP contribution >= 0.6 is 12.6 Å². The zero-order valence-electron chi connectivity index (χ0n) is 7.46. The van der Waals surface area contributed by atoms with Crippen LogP contribution in [0.25, 0.3) is 0 Å². The van der Waals surface area contributed by atoms with Crippen LogP contribution in [0.15, 0.2) is 0 Å². The molecular weight excluding hydrogens is 174 g/mol. The second-order valence-corrected chi connectivity index (χ2v) is 3.05. The van der Waals surface area contributed by atoms with Crippen molar-refractivity contribution in [3.8, 4) is 0 Å². The van der Waals surface area contributed by atoms with E-state index in [2.05, 4.69) is 17.9 Å². The first kappa shape index (κ1) is 11.5. The lowest BCUT2D eigenvalue weighted by Crippen LogP contribution is -2.32. The first-order valence-electron chi connectivity index (χ1n) is 3.99. The highest BCUT2D eigenvalue weighted by Gasteiger charge is 2.17. The van der Waals surface area contributed by atoms with Gasteiger partial charge in [-0.1, -0.05) is 0 Å². The molecule has 1 atom stereocenters. The van der Waals surface area contributed by atoms with E-state index in [9.17, 15) is 9.59 Å². The normalized spacial score (nSPS) is 12.2. The van der Waals surface area contributed by atoms with Gasteiger partial charge in [0, 0.05) is 18.7 Å². The van der Waals surface area contributed by atoms with Crippen LogP contribution in [0.5, 0.6) is 0 Å². The Morgan fingerprint density at radius 2 is 2.08 bits per heavy atom. The summed E-state index contributed by atoms with van der Waals surface area (Å²) in [6.45, 7) is 3.93. The molecule has 4 heteroatoms. The fraction of sp³-hybridized carbons (Fsp3) is 0.750. The SMILES string of the molecule is CCNC(=O)C(CS)CC(C)=O. The minimum Gasteiger partial charge on any atom is -0.356 e. The van der Waals surface area contributed by atoms with Gasteiger partial charge in [0.05, 0.1) is 5.92 Å². The van der Waals surface area contributed by atoms with Crippen LogP contribution in [0.4, 0.5) is 0 Å². The van der Waals surface area contributed by atoms with Gasteiger partial charge in [0.1, 0.15) is 5.78 Å². The minimum atomic E-state index is -0.272. The number of hydrogen-bond donors (Lipinski definition) is 2. The molecule has 0 fully saturated rings. The highest BCUT2D eigenvalue weighted by atomic mass is 32.1. The maximum atomic E-state index is 11.2. The van der Waals surface area contributed by atoms with E-state index in [0.29, 0.717) is 12.3 Å². The maximum Gasteiger partial charge on any atom is 0.224 e. The summed E-state index contributed by atoms with van der Waals surface area (Å²) in [4.78, 5) is 21.9. The molecule has 0 spiro atoms. The molecule has 70 valence electrons. The number of ketones is 1. The Kier molecular flexibility index (Phi) is 5.80. The second kappa shape index (κ2) is 6.06. The molecule has 0 aliphatic rings. The Bertz CT molecular complexity index is 170. The van der Waals surface area contributed by atoms with E-state index in [4.69, 9.17) is 0 Å². The molecule has 0 saturated heterocycles. The summed E-state index contributed by atoms with van der Waals surface area (Å²) in [7, 11) is 0. The van der Waals surface area contributed by atoms with Gasteiger partial charge in [0.25, 0.3) is 0 Å². The lowest BCUT2D eigenvalue weighted by molar-refractivity contribution is -0.128. The van der Waals surface area contributed by atoms with Crippen molar-refractivity contribution in [2.45, 2.75) is 20.3 Å². The lowest BCUT2D eigenvalue weighted by atomic mass is 10.0. The predicted molar refractivity (Wildman–Crippen MR) is 51.3 cm³/mol. The topological polar surface area (TPSA) is 46.2 Å². The standard InChI is InChI=1S/C8H15NO2S/c1-3-9-8(11)7(5-12)4-6(2)10/h7,12H,3-5H2,1-2H3,(H,9,11). The Labute approximate surface area is 78.3 Å². The van der Waals surface area contributed by atoms with Crippen LogP contribution in [-0.2, 0) is 9.59 Å². The predicted octanol–water partition coefficient (Wildman–Crippen LogP) is 0.648. The number of amides is 1. The summed E-state index contributed by atoms with van der Waals surface area (Å²) in [5.41, 5.74) is 0. The number of rotatable bonds is 5. The highest BCUT2D eigenvalue weighted by Crippen LogP contribution is 2.05. The van der Waals surface area contributed by atoms with Crippen LogP contribution in [0.3, 0.4) is 0 Å². The average Bonchev–Trinajstić information content (AvgIpc) is 2.00. The number of thiol groups is 1. The van der Waals surface area contributed by atoms with Crippen molar-refractivity contribution < 1.29 is 9.59 Å². The molecule has 0 aliphatic heterocycles. The van der Waals surface area contributed by atoms with Crippen molar-refractivity contribution in [2.24, 2.45) is 5.92 Å². The molecule has 0 radical (unpaired) electrons. The smallest absolute Gasteiger partial charge is 0.224 e. The van der Waals surface area contributed by atoms with Crippen molar-refractivity contribution >= 4 is 24.3 Å². The molecule has 0 aromatic rings. The van der Waals surface area contributed by atoms with Gasteiger partial charge in [-0.25, -0.2) is 0 Å². The Morgan fingerprint density at radius 3 is 2.42 bits per heavy atom. The molecule has 0 aromatic carbocycles. The van der Waals surface area contributed by atoms with Crippen LogP contribution in [0, 0.1) is 5.92 Å². The van der Waals surface area contributed by atoms with Crippen molar-refractivity contribution in [3.63, 3.8) is 0 Å².